The van der Waals surface area contributed by atoms with Gasteiger partial charge in [-0.2, -0.15) is 0 Å². The van der Waals surface area contributed by atoms with Gasteiger partial charge in [0.15, 0.2) is 0 Å². The van der Waals surface area contributed by atoms with Crippen LogP contribution in [0, 0.1) is 34.5 Å². The molecule has 0 spiro atoms. The molecule has 4 aliphatic carbocycles. The zero-order valence-corrected chi connectivity index (χ0v) is 19.7. The summed E-state index contributed by atoms with van der Waals surface area (Å²) in [6, 6.07) is 0. The van der Waals surface area contributed by atoms with Gasteiger partial charge in [-0.15, -0.1) is 0 Å². The van der Waals surface area contributed by atoms with Gasteiger partial charge in [-0.3, -0.25) is 4.79 Å². The molecule has 1 unspecified atom stereocenters. The average molecular weight is 436 g/mol. The summed E-state index contributed by atoms with van der Waals surface area (Å²) < 4.78 is 15.4. The quantitative estimate of drug-likeness (QED) is 0.482. The molecular weight excluding hydrogens is 397 g/mol. The summed E-state index contributed by atoms with van der Waals surface area (Å²) in [4.78, 5) is 25.4. The lowest BCUT2D eigenvalue weighted by Crippen LogP contribution is -2.58. The van der Waals surface area contributed by atoms with Crippen molar-refractivity contribution >= 4 is 17.2 Å². The molecule has 0 aromatic rings. The number of oxime groups is 2. The van der Waals surface area contributed by atoms with E-state index >= 15 is 4.39 Å². The van der Waals surface area contributed by atoms with Crippen molar-refractivity contribution in [3.63, 3.8) is 0 Å². The van der Waals surface area contributed by atoms with E-state index in [9.17, 15) is 4.79 Å². The number of nitrogens with zero attached hydrogens (tertiary/aromatic N) is 3. The Bertz CT molecular complexity index is 769. The van der Waals surface area contributed by atoms with E-state index in [1.54, 1.807) is 7.11 Å². The maximum Gasteiger partial charge on any atom is 0.142 e. The Kier molecular flexibility index (Phi) is 6.18. The SMILES string of the molecule is CO/N=C1\C[C@@H]2[C@H](CC[C@]3(C)C(=O)CC[C@@H]23)[C@@]2(C)C[C@@H](F)/C(=N/OCCN(C)C)CC12. The van der Waals surface area contributed by atoms with Crippen LogP contribution in [0.1, 0.15) is 58.8 Å². The number of carbonyl (C=O) groups excluding carboxylic acids is 1. The topological polar surface area (TPSA) is 63.5 Å². The minimum Gasteiger partial charge on any atom is -0.399 e. The van der Waals surface area contributed by atoms with Gasteiger partial charge in [0, 0.05) is 30.7 Å². The van der Waals surface area contributed by atoms with E-state index in [4.69, 9.17) is 9.68 Å². The van der Waals surface area contributed by atoms with Crippen LogP contribution >= 0.6 is 0 Å². The number of Topliss-reactive ketones (excluding diaryl/α,β-unsaturated/α-hetero) is 1. The van der Waals surface area contributed by atoms with E-state index in [1.165, 1.54) is 0 Å². The van der Waals surface area contributed by atoms with E-state index < -0.39 is 6.17 Å². The van der Waals surface area contributed by atoms with Crippen molar-refractivity contribution in [3.8, 4) is 0 Å². The second kappa shape index (κ2) is 8.45. The van der Waals surface area contributed by atoms with Crippen LogP contribution in [-0.2, 0) is 14.5 Å². The number of fused-ring (bicyclic) bond motifs is 5. The second-order valence-corrected chi connectivity index (χ2v) is 10.9. The number of likely N-dealkylation sites (N-methyl/N-ethyl adjacent to an activating group) is 1. The van der Waals surface area contributed by atoms with E-state index in [0.29, 0.717) is 55.1 Å². The van der Waals surface area contributed by atoms with Gasteiger partial charge in [0.05, 0.1) is 11.4 Å². The lowest BCUT2D eigenvalue weighted by atomic mass is 9.44. The largest absolute Gasteiger partial charge is 0.399 e. The predicted molar refractivity (Wildman–Crippen MR) is 119 cm³/mol. The Morgan fingerprint density at radius 3 is 2.61 bits per heavy atom. The van der Waals surface area contributed by atoms with Crippen molar-refractivity contribution in [1.82, 2.24) is 4.90 Å². The molecule has 0 aromatic heterocycles. The van der Waals surface area contributed by atoms with Crippen LogP contribution in [0.4, 0.5) is 4.39 Å². The molecule has 31 heavy (non-hydrogen) atoms. The molecule has 0 aliphatic heterocycles. The summed E-state index contributed by atoms with van der Waals surface area (Å²) in [5.41, 5.74) is 1.11. The standard InChI is InChI=1S/C24H38FN3O3/c1-23-9-8-17-15(16(23)6-7-22(23)29)12-20(26-30-5)18-13-21(19(25)14-24(17,18)2)27-31-11-10-28(3)4/h15-19H,6-14H2,1-5H3/b26-20+,27-21+/t15-,16-,17-,18?,19+,23-,24+/m0/s1. The molecule has 4 fully saturated rings. The van der Waals surface area contributed by atoms with Crippen molar-refractivity contribution in [2.75, 3.05) is 34.4 Å². The van der Waals surface area contributed by atoms with Crippen molar-refractivity contribution < 1.29 is 18.9 Å². The Morgan fingerprint density at radius 1 is 1.13 bits per heavy atom. The number of ketones is 1. The lowest BCUT2D eigenvalue weighted by Gasteiger charge is -2.59. The summed E-state index contributed by atoms with van der Waals surface area (Å²) in [6.07, 6.45) is 4.30. The molecular formula is C24H38FN3O3. The van der Waals surface area contributed by atoms with Gasteiger partial charge in [0.2, 0.25) is 0 Å². The van der Waals surface area contributed by atoms with Gasteiger partial charge < -0.3 is 14.6 Å². The van der Waals surface area contributed by atoms with Gasteiger partial charge >= 0.3 is 0 Å². The third kappa shape index (κ3) is 3.81. The highest BCUT2D eigenvalue weighted by Gasteiger charge is 2.62. The fraction of sp³-hybridized carbons (Fsp3) is 0.875. The molecule has 6 nitrogen and oxygen atoms in total. The van der Waals surface area contributed by atoms with Crippen LogP contribution in [-0.4, -0.2) is 62.6 Å². The molecule has 0 saturated heterocycles. The Labute approximate surface area is 185 Å². The van der Waals surface area contributed by atoms with E-state index in [-0.39, 0.29) is 16.7 Å². The molecule has 0 radical (unpaired) electrons. The molecule has 0 bridgehead atoms. The third-order valence-electron chi connectivity index (χ3n) is 9.05. The maximum absolute atomic E-state index is 15.4. The van der Waals surface area contributed by atoms with Gasteiger partial charge in [0.25, 0.3) is 0 Å². The van der Waals surface area contributed by atoms with Gasteiger partial charge in [0.1, 0.15) is 25.7 Å². The van der Waals surface area contributed by atoms with Crippen LogP contribution in [0.2, 0.25) is 0 Å². The molecule has 4 aliphatic rings. The molecule has 0 heterocycles. The molecule has 4 saturated carbocycles. The number of carbonyl (C=O) groups is 1. The highest BCUT2D eigenvalue weighted by atomic mass is 19.1. The minimum absolute atomic E-state index is 0.110. The fourth-order valence-corrected chi connectivity index (χ4v) is 7.33. The maximum atomic E-state index is 15.4. The van der Waals surface area contributed by atoms with Crippen molar-refractivity contribution in [2.24, 2.45) is 44.8 Å². The molecule has 0 N–H and O–H groups in total. The molecule has 0 amide bonds. The summed E-state index contributed by atoms with van der Waals surface area (Å²) in [7, 11) is 5.53. The van der Waals surface area contributed by atoms with Crippen molar-refractivity contribution in [2.45, 2.75) is 65.0 Å². The predicted octanol–water partition coefficient (Wildman–Crippen LogP) is 4.09. The van der Waals surface area contributed by atoms with Gasteiger partial charge in [-0.25, -0.2) is 4.39 Å². The summed E-state index contributed by atoms with van der Waals surface area (Å²) in [6.45, 7) is 5.60. The first-order chi connectivity index (χ1) is 14.7. The molecule has 7 heteroatoms. The van der Waals surface area contributed by atoms with Crippen LogP contribution in [0.15, 0.2) is 10.3 Å². The summed E-state index contributed by atoms with van der Waals surface area (Å²) in [5, 5.41) is 8.65. The number of rotatable bonds is 5. The fourth-order valence-electron chi connectivity index (χ4n) is 7.33. The normalized spacial score (nSPS) is 44.9. The highest BCUT2D eigenvalue weighted by Crippen LogP contribution is 2.64. The summed E-state index contributed by atoms with van der Waals surface area (Å²) >= 11 is 0. The van der Waals surface area contributed by atoms with Crippen molar-refractivity contribution in [1.29, 1.82) is 0 Å². The second-order valence-electron chi connectivity index (χ2n) is 10.9. The average Bonchev–Trinajstić information content (AvgIpc) is 3.01. The van der Waals surface area contributed by atoms with Crippen LogP contribution < -0.4 is 0 Å². The monoisotopic (exact) mass is 435 g/mol. The van der Waals surface area contributed by atoms with Gasteiger partial charge in [-0.05, 0) is 69.4 Å². The zero-order valence-electron chi connectivity index (χ0n) is 19.7. The zero-order chi connectivity index (χ0) is 22.4. The number of halogens is 1. The Balaban J connectivity index is 1.60. The molecule has 4 rings (SSSR count). The molecule has 0 aromatic carbocycles. The van der Waals surface area contributed by atoms with E-state index in [1.807, 2.05) is 19.0 Å². The lowest BCUT2D eigenvalue weighted by molar-refractivity contribution is -0.133. The first-order valence-electron chi connectivity index (χ1n) is 11.8. The Morgan fingerprint density at radius 2 is 1.90 bits per heavy atom. The number of hydrogen-bond acceptors (Lipinski definition) is 6. The highest BCUT2D eigenvalue weighted by molar-refractivity contribution is 5.98. The summed E-state index contributed by atoms with van der Waals surface area (Å²) in [5.74, 6) is 1.69. The number of alkyl halides is 1. The van der Waals surface area contributed by atoms with Crippen LogP contribution in [0.25, 0.3) is 0 Å². The van der Waals surface area contributed by atoms with Crippen LogP contribution in [0.3, 0.4) is 0 Å². The smallest absolute Gasteiger partial charge is 0.142 e. The van der Waals surface area contributed by atoms with Crippen molar-refractivity contribution in [3.05, 3.63) is 0 Å². The van der Waals surface area contributed by atoms with Crippen LogP contribution in [0.5, 0.6) is 0 Å². The molecule has 174 valence electrons. The molecule has 7 atom stereocenters. The van der Waals surface area contributed by atoms with E-state index in [0.717, 1.165) is 37.9 Å². The first kappa shape index (κ1) is 22.7. The third-order valence-corrected chi connectivity index (χ3v) is 9.05. The van der Waals surface area contributed by atoms with E-state index in [2.05, 4.69) is 24.2 Å². The Hall–Kier alpha value is -1.50. The van der Waals surface area contributed by atoms with Gasteiger partial charge in [-0.1, -0.05) is 24.2 Å². The first-order valence-corrected chi connectivity index (χ1v) is 11.8. The minimum atomic E-state index is -1.10. The number of hydrogen-bond donors (Lipinski definition) is 0.